The van der Waals surface area contributed by atoms with Crippen molar-refractivity contribution in [3.05, 3.63) is 50.1 Å². The molecule has 0 amide bonds. The monoisotopic (exact) mass is 374 g/mol. The molecule has 1 heterocycles. The first-order chi connectivity index (χ1) is 9.90. The van der Waals surface area contributed by atoms with Crippen molar-refractivity contribution in [1.29, 1.82) is 5.26 Å². The van der Waals surface area contributed by atoms with Crippen LogP contribution in [0.25, 0.3) is 0 Å². The second-order valence-electron chi connectivity index (χ2n) is 4.25. The van der Waals surface area contributed by atoms with Gasteiger partial charge >= 0.3 is 6.18 Å². The van der Waals surface area contributed by atoms with E-state index >= 15 is 0 Å². The molecular weight excluding hydrogens is 365 g/mol. The molecule has 2 aromatic rings. The molecule has 0 saturated heterocycles. The van der Waals surface area contributed by atoms with Gasteiger partial charge in [0.1, 0.15) is 0 Å². The fourth-order valence-corrected chi connectivity index (χ4v) is 3.29. The summed E-state index contributed by atoms with van der Waals surface area (Å²) in [5.74, 6) is 0. The van der Waals surface area contributed by atoms with Gasteiger partial charge in [-0.3, -0.25) is 0 Å². The third-order valence-corrected chi connectivity index (χ3v) is 4.46. The van der Waals surface area contributed by atoms with Crippen molar-refractivity contribution in [3.8, 4) is 6.07 Å². The number of thiophene rings is 1. The van der Waals surface area contributed by atoms with E-state index in [1.54, 1.807) is 17.4 Å². The number of halogens is 4. The predicted octanol–water partition coefficient (Wildman–Crippen LogP) is 5.06. The van der Waals surface area contributed by atoms with Gasteiger partial charge in [0.15, 0.2) is 0 Å². The molecule has 1 aromatic heterocycles. The van der Waals surface area contributed by atoms with E-state index in [2.05, 4.69) is 21.2 Å². The van der Waals surface area contributed by atoms with Gasteiger partial charge in [-0.1, -0.05) is 0 Å². The molecule has 0 radical (unpaired) electrons. The number of nitrogens with one attached hydrogen (secondary N) is 1. The normalized spacial score (nSPS) is 11.2. The predicted molar refractivity (Wildman–Crippen MR) is 80.4 cm³/mol. The Labute approximate surface area is 132 Å². The van der Waals surface area contributed by atoms with Crippen LogP contribution in [-0.2, 0) is 12.6 Å². The molecule has 0 fully saturated rings. The summed E-state index contributed by atoms with van der Waals surface area (Å²) in [5, 5.41) is 11.9. The molecular formula is C14H10BrF3N2S. The summed E-state index contributed by atoms with van der Waals surface area (Å²) in [5.41, 5.74) is -0.765. The summed E-state index contributed by atoms with van der Waals surface area (Å²) >= 11 is 4.98. The fourth-order valence-electron chi connectivity index (χ4n) is 1.81. The SMILES string of the molecule is N#Cc1cc(NCCc2ccc(Br)s2)ccc1C(F)(F)F. The minimum absolute atomic E-state index is 0.369. The van der Waals surface area contributed by atoms with Crippen molar-refractivity contribution in [1.82, 2.24) is 0 Å². The summed E-state index contributed by atoms with van der Waals surface area (Å²) in [6.07, 6.45) is -3.74. The Bertz CT molecular complexity index is 674. The molecule has 0 aliphatic carbocycles. The van der Waals surface area contributed by atoms with Crippen LogP contribution in [0, 0.1) is 11.3 Å². The lowest BCUT2D eigenvalue weighted by atomic mass is 10.1. The van der Waals surface area contributed by atoms with E-state index in [1.807, 2.05) is 12.1 Å². The molecule has 0 aliphatic heterocycles. The molecule has 0 atom stereocenters. The summed E-state index contributed by atoms with van der Waals surface area (Å²) < 4.78 is 39.0. The van der Waals surface area contributed by atoms with E-state index in [0.717, 1.165) is 16.3 Å². The van der Waals surface area contributed by atoms with Crippen molar-refractivity contribution in [2.75, 3.05) is 11.9 Å². The maximum absolute atomic E-state index is 12.7. The number of hydrogen-bond donors (Lipinski definition) is 1. The largest absolute Gasteiger partial charge is 0.417 e. The highest BCUT2D eigenvalue weighted by molar-refractivity contribution is 9.11. The van der Waals surface area contributed by atoms with Crippen molar-refractivity contribution in [2.24, 2.45) is 0 Å². The van der Waals surface area contributed by atoms with Gasteiger partial charge in [-0.2, -0.15) is 18.4 Å². The Morgan fingerprint density at radius 3 is 2.57 bits per heavy atom. The lowest BCUT2D eigenvalue weighted by molar-refractivity contribution is -0.137. The Morgan fingerprint density at radius 1 is 1.24 bits per heavy atom. The van der Waals surface area contributed by atoms with E-state index in [4.69, 9.17) is 5.26 Å². The number of hydrogen-bond acceptors (Lipinski definition) is 3. The van der Waals surface area contributed by atoms with Gasteiger partial charge in [-0.25, -0.2) is 0 Å². The van der Waals surface area contributed by atoms with Crippen LogP contribution < -0.4 is 5.32 Å². The van der Waals surface area contributed by atoms with Crippen molar-refractivity contribution < 1.29 is 13.2 Å². The Hall–Kier alpha value is -1.52. The van der Waals surface area contributed by atoms with E-state index in [-0.39, 0.29) is 5.56 Å². The van der Waals surface area contributed by atoms with E-state index in [1.165, 1.54) is 17.0 Å². The topological polar surface area (TPSA) is 35.8 Å². The Kier molecular flexibility index (Phi) is 4.91. The number of anilines is 1. The van der Waals surface area contributed by atoms with Crippen LogP contribution in [-0.4, -0.2) is 6.54 Å². The lowest BCUT2D eigenvalue weighted by Crippen LogP contribution is -2.09. The maximum Gasteiger partial charge on any atom is 0.417 e. The minimum atomic E-state index is -4.51. The first-order valence-corrected chi connectivity index (χ1v) is 7.60. The molecule has 2 rings (SSSR count). The van der Waals surface area contributed by atoms with Crippen LogP contribution >= 0.6 is 27.3 Å². The van der Waals surface area contributed by atoms with Crippen molar-refractivity contribution >= 4 is 33.0 Å². The molecule has 0 unspecified atom stereocenters. The highest BCUT2D eigenvalue weighted by Gasteiger charge is 2.33. The molecule has 1 N–H and O–H groups in total. The fraction of sp³-hybridized carbons (Fsp3) is 0.214. The van der Waals surface area contributed by atoms with Crippen LogP contribution in [0.2, 0.25) is 0 Å². The Morgan fingerprint density at radius 2 is 2.00 bits per heavy atom. The van der Waals surface area contributed by atoms with E-state index in [9.17, 15) is 13.2 Å². The lowest BCUT2D eigenvalue weighted by Gasteiger charge is -2.11. The van der Waals surface area contributed by atoms with Crippen LogP contribution in [0.3, 0.4) is 0 Å². The van der Waals surface area contributed by atoms with Crippen LogP contribution in [0.15, 0.2) is 34.1 Å². The number of alkyl halides is 3. The molecule has 0 aliphatic rings. The van der Waals surface area contributed by atoms with Crippen LogP contribution in [0.5, 0.6) is 0 Å². The third kappa shape index (κ3) is 4.22. The summed E-state index contributed by atoms with van der Waals surface area (Å²) in [6, 6.07) is 9.03. The van der Waals surface area contributed by atoms with Gasteiger partial charge in [0.05, 0.1) is 21.0 Å². The number of rotatable bonds is 4. The highest BCUT2D eigenvalue weighted by atomic mass is 79.9. The smallest absolute Gasteiger partial charge is 0.385 e. The van der Waals surface area contributed by atoms with Gasteiger partial charge in [-0.15, -0.1) is 11.3 Å². The second kappa shape index (κ2) is 6.50. The summed E-state index contributed by atoms with van der Waals surface area (Å²) in [7, 11) is 0. The maximum atomic E-state index is 12.7. The quantitative estimate of drug-likeness (QED) is 0.811. The van der Waals surface area contributed by atoms with Gasteiger partial charge in [-0.05, 0) is 52.7 Å². The van der Waals surface area contributed by atoms with Crippen LogP contribution in [0.1, 0.15) is 16.0 Å². The second-order valence-corrected chi connectivity index (χ2v) is 6.80. The average molecular weight is 375 g/mol. The zero-order chi connectivity index (χ0) is 15.5. The van der Waals surface area contributed by atoms with Gasteiger partial charge in [0.25, 0.3) is 0 Å². The molecule has 0 bridgehead atoms. The molecule has 21 heavy (non-hydrogen) atoms. The first-order valence-electron chi connectivity index (χ1n) is 5.99. The Balaban J connectivity index is 2.03. The molecule has 2 nitrogen and oxygen atoms in total. The molecule has 7 heteroatoms. The molecule has 0 spiro atoms. The highest BCUT2D eigenvalue weighted by Crippen LogP contribution is 2.33. The zero-order valence-corrected chi connectivity index (χ0v) is 13.1. The van der Waals surface area contributed by atoms with E-state index < -0.39 is 11.7 Å². The van der Waals surface area contributed by atoms with Gasteiger partial charge < -0.3 is 5.32 Å². The van der Waals surface area contributed by atoms with E-state index in [0.29, 0.717) is 12.2 Å². The van der Waals surface area contributed by atoms with Gasteiger partial charge in [0, 0.05) is 17.1 Å². The minimum Gasteiger partial charge on any atom is -0.385 e. The summed E-state index contributed by atoms with van der Waals surface area (Å²) in [6.45, 7) is 0.586. The van der Waals surface area contributed by atoms with Crippen LogP contribution in [0.4, 0.5) is 18.9 Å². The zero-order valence-electron chi connectivity index (χ0n) is 10.7. The molecule has 1 aromatic carbocycles. The standard InChI is InChI=1S/C14H10BrF3N2S/c15-13-4-2-11(21-13)5-6-20-10-1-3-12(14(16,17)18)9(7-10)8-19/h1-4,7,20H,5-6H2. The molecule has 110 valence electrons. The van der Waals surface area contributed by atoms with Gasteiger partial charge in [0.2, 0.25) is 0 Å². The average Bonchev–Trinajstić information content (AvgIpc) is 2.83. The molecule has 0 saturated carbocycles. The van der Waals surface area contributed by atoms with Crippen molar-refractivity contribution in [3.63, 3.8) is 0 Å². The number of benzene rings is 1. The number of nitriles is 1. The third-order valence-electron chi connectivity index (χ3n) is 2.77. The van der Waals surface area contributed by atoms with Crippen molar-refractivity contribution in [2.45, 2.75) is 12.6 Å². The number of nitrogens with zero attached hydrogens (tertiary/aromatic N) is 1. The first kappa shape index (κ1) is 15.9. The summed E-state index contributed by atoms with van der Waals surface area (Å²) in [4.78, 5) is 1.17.